The van der Waals surface area contributed by atoms with Crippen LogP contribution in [0.25, 0.3) is 0 Å². The summed E-state index contributed by atoms with van der Waals surface area (Å²) in [7, 11) is 1.44. The van der Waals surface area contributed by atoms with Gasteiger partial charge in [0.2, 0.25) is 5.60 Å². The number of nitrogens with zero attached hydrogens (tertiary/aromatic N) is 4. The van der Waals surface area contributed by atoms with Crippen molar-refractivity contribution in [2.24, 2.45) is 18.0 Å². The molecule has 1 saturated carbocycles. The number of aliphatic imine (C=N–C) groups is 1. The topological polar surface area (TPSA) is 77.7 Å². The number of aliphatic hydroxyl groups is 1. The van der Waals surface area contributed by atoms with E-state index in [4.69, 9.17) is 0 Å². The van der Waals surface area contributed by atoms with E-state index >= 15 is 0 Å². The van der Waals surface area contributed by atoms with E-state index in [0.717, 1.165) is 32.0 Å². The molecule has 31 heavy (non-hydrogen) atoms. The van der Waals surface area contributed by atoms with E-state index in [1.165, 1.54) is 49.7 Å². The predicted octanol–water partition coefficient (Wildman–Crippen LogP) is 2.38. The highest BCUT2D eigenvalue weighted by Crippen LogP contribution is 2.40. The van der Waals surface area contributed by atoms with E-state index in [1.807, 2.05) is 6.92 Å². The molecule has 1 aliphatic heterocycles. The van der Waals surface area contributed by atoms with Crippen LogP contribution in [0, 0.1) is 5.92 Å². The summed E-state index contributed by atoms with van der Waals surface area (Å²) in [5.74, 6) is 0.859. The van der Waals surface area contributed by atoms with Gasteiger partial charge in [-0.1, -0.05) is 12.8 Å². The summed E-state index contributed by atoms with van der Waals surface area (Å²) in [6.45, 7) is 5.41. The van der Waals surface area contributed by atoms with Crippen LogP contribution in [0.15, 0.2) is 17.4 Å². The lowest BCUT2D eigenvalue weighted by Crippen LogP contribution is -2.46. The van der Waals surface area contributed by atoms with Crippen LogP contribution in [0.1, 0.15) is 51.3 Å². The minimum Gasteiger partial charge on any atom is -0.374 e. The van der Waals surface area contributed by atoms with Crippen LogP contribution in [-0.4, -0.2) is 70.5 Å². The maximum atomic E-state index is 13.7. The van der Waals surface area contributed by atoms with Gasteiger partial charge in [-0.25, -0.2) is 4.98 Å². The Bertz CT molecular complexity index is 731. The second-order valence-electron chi connectivity index (χ2n) is 8.77. The van der Waals surface area contributed by atoms with Gasteiger partial charge in [-0.05, 0) is 32.1 Å². The number of rotatable bonds is 8. The van der Waals surface area contributed by atoms with Gasteiger partial charge >= 0.3 is 6.18 Å². The zero-order valence-electron chi connectivity index (χ0n) is 18.5. The second kappa shape index (κ2) is 10.2. The number of alkyl halides is 3. The third kappa shape index (κ3) is 5.91. The van der Waals surface area contributed by atoms with Gasteiger partial charge in [0.25, 0.3) is 0 Å². The molecule has 0 amide bonds. The lowest BCUT2D eigenvalue weighted by atomic mass is 9.98. The normalized spacial score (nSPS) is 23.3. The van der Waals surface area contributed by atoms with E-state index in [2.05, 4.69) is 25.5 Å². The van der Waals surface area contributed by atoms with E-state index < -0.39 is 24.0 Å². The van der Waals surface area contributed by atoms with Crippen molar-refractivity contribution in [3.8, 4) is 0 Å². The predicted molar refractivity (Wildman–Crippen MR) is 114 cm³/mol. The Morgan fingerprint density at radius 3 is 2.65 bits per heavy atom. The molecular weight excluding hydrogens is 409 g/mol. The van der Waals surface area contributed by atoms with E-state index in [0.29, 0.717) is 12.5 Å². The fourth-order valence-corrected chi connectivity index (χ4v) is 4.66. The average Bonchev–Trinajstić information content (AvgIpc) is 3.44. The summed E-state index contributed by atoms with van der Waals surface area (Å²) in [5, 5.41) is 16.9. The van der Waals surface area contributed by atoms with Gasteiger partial charge in [0.1, 0.15) is 5.82 Å². The molecule has 176 valence electrons. The van der Waals surface area contributed by atoms with Crippen LogP contribution in [0.5, 0.6) is 0 Å². The quantitative estimate of drug-likeness (QED) is 0.424. The molecule has 0 radical (unpaired) electrons. The number of nitrogens with one attached hydrogen (secondary N) is 2. The minimum absolute atomic E-state index is 0.184. The van der Waals surface area contributed by atoms with Gasteiger partial charge < -0.3 is 25.2 Å². The van der Waals surface area contributed by atoms with Gasteiger partial charge in [0, 0.05) is 64.6 Å². The van der Waals surface area contributed by atoms with E-state index in [9.17, 15) is 18.3 Å². The Morgan fingerprint density at radius 1 is 1.29 bits per heavy atom. The first kappa shape index (κ1) is 23.8. The van der Waals surface area contributed by atoms with Crippen LogP contribution in [-0.2, 0) is 12.6 Å². The first-order chi connectivity index (χ1) is 14.7. The molecule has 1 aromatic rings. The Morgan fingerprint density at radius 2 is 2.03 bits per heavy atom. The highest BCUT2D eigenvalue weighted by Gasteiger charge is 2.57. The maximum absolute atomic E-state index is 13.7. The average molecular weight is 445 g/mol. The third-order valence-corrected chi connectivity index (χ3v) is 6.35. The molecule has 2 atom stereocenters. The molecule has 3 N–H and O–H groups in total. The summed E-state index contributed by atoms with van der Waals surface area (Å²) in [5.41, 5.74) is -3.04. The summed E-state index contributed by atoms with van der Waals surface area (Å²) in [6.07, 6.45) is 3.47. The van der Waals surface area contributed by atoms with Crippen molar-refractivity contribution >= 4 is 5.96 Å². The summed E-state index contributed by atoms with van der Waals surface area (Å²) in [4.78, 5) is 10.5. The van der Waals surface area contributed by atoms with Gasteiger partial charge in [-0.2, -0.15) is 13.2 Å². The van der Waals surface area contributed by atoms with Crippen molar-refractivity contribution in [3.63, 3.8) is 0 Å². The standard InChI is InChI=1S/C21H35F3N6O/c1-3-25-19(28-17-8-12-30(15-17)14-16-6-4-5-7-16)27-10-9-20(31,21(22,23)24)18-26-11-13-29(18)2/h11,13,16-17,31H,3-10,12,14-15H2,1-2H3,(H2,25,27,28). The van der Waals surface area contributed by atoms with E-state index in [1.54, 1.807) is 0 Å². The number of aromatic nitrogens is 2. The van der Waals surface area contributed by atoms with Gasteiger partial charge in [-0.15, -0.1) is 0 Å². The van der Waals surface area contributed by atoms with Crippen molar-refractivity contribution in [2.45, 2.75) is 63.3 Å². The number of hydrogen-bond acceptors (Lipinski definition) is 4. The van der Waals surface area contributed by atoms with Crippen LogP contribution in [0.3, 0.4) is 0 Å². The van der Waals surface area contributed by atoms with Crippen molar-refractivity contribution < 1.29 is 18.3 Å². The van der Waals surface area contributed by atoms with Crippen LogP contribution >= 0.6 is 0 Å². The molecule has 0 bridgehead atoms. The molecule has 7 nitrogen and oxygen atoms in total. The van der Waals surface area contributed by atoms with Crippen LogP contribution in [0.2, 0.25) is 0 Å². The van der Waals surface area contributed by atoms with Gasteiger partial charge in [-0.3, -0.25) is 4.99 Å². The first-order valence-corrected chi connectivity index (χ1v) is 11.3. The van der Waals surface area contributed by atoms with Crippen LogP contribution < -0.4 is 10.6 Å². The van der Waals surface area contributed by atoms with Gasteiger partial charge in [0.05, 0.1) is 0 Å². The first-order valence-electron chi connectivity index (χ1n) is 11.3. The molecular formula is C21H35F3N6O. The van der Waals surface area contributed by atoms with Crippen molar-refractivity contribution in [3.05, 3.63) is 18.2 Å². The molecule has 1 aromatic heterocycles. The Kier molecular flexibility index (Phi) is 7.85. The number of imidazole rings is 1. The number of hydrogen-bond donors (Lipinski definition) is 3. The van der Waals surface area contributed by atoms with Gasteiger partial charge in [0.15, 0.2) is 5.96 Å². The summed E-state index contributed by atoms with van der Waals surface area (Å²) in [6, 6.07) is 0.218. The molecule has 2 aliphatic rings. The summed E-state index contributed by atoms with van der Waals surface area (Å²) >= 11 is 0. The molecule has 0 aromatic carbocycles. The van der Waals surface area contributed by atoms with Crippen molar-refractivity contribution in [1.29, 1.82) is 0 Å². The number of halogens is 3. The highest BCUT2D eigenvalue weighted by atomic mass is 19.4. The van der Waals surface area contributed by atoms with Crippen molar-refractivity contribution in [2.75, 3.05) is 32.7 Å². The lowest BCUT2D eigenvalue weighted by molar-refractivity contribution is -0.272. The molecule has 1 aliphatic carbocycles. The highest BCUT2D eigenvalue weighted by molar-refractivity contribution is 5.80. The Hall–Kier alpha value is -1.81. The Labute approximate surface area is 182 Å². The monoisotopic (exact) mass is 444 g/mol. The maximum Gasteiger partial charge on any atom is 0.424 e. The SMILES string of the molecule is CCNC(=NCCC(O)(c1nccn1C)C(F)(F)F)NC1CCN(CC2CCCC2)C1. The molecule has 2 heterocycles. The third-order valence-electron chi connectivity index (χ3n) is 6.35. The molecule has 1 saturated heterocycles. The summed E-state index contributed by atoms with van der Waals surface area (Å²) < 4.78 is 42.2. The molecule has 2 fully saturated rings. The minimum atomic E-state index is -4.85. The zero-order valence-corrected chi connectivity index (χ0v) is 18.5. The fourth-order valence-electron chi connectivity index (χ4n) is 4.66. The van der Waals surface area contributed by atoms with Crippen LogP contribution in [0.4, 0.5) is 13.2 Å². The second-order valence-corrected chi connectivity index (χ2v) is 8.77. The molecule has 0 spiro atoms. The fraction of sp³-hybridized carbons (Fsp3) is 0.810. The number of guanidine groups is 1. The lowest BCUT2D eigenvalue weighted by Gasteiger charge is -2.29. The molecule has 2 unspecified atom stereocenters. The largest absolute Gasteiger partial charge is 0.424 e. The number of aryl methyl sites for hydroxylation is 1. The Balaban J connectivity index is 1.58. The molecule has 3 rings (SSSR count). The molecule has 10 heteroatoms. The smallest absolute Gasteiger partial charge is 0.374 e. The van der Waals surface area contributed by atoms with Crippen molar-refractivity contribution in [1.82, 2.24) is 25.1 Å². The zero-order chi connectivity index (χ0) is 22.5. The number of likely N-dealkylation sites (tertiary alicyclic amines) is 1. The van der Waals surface area contributed by atoms with E-state index in [-0.39, 0.29) is 12.6 Å².